The zero-order valence-corrected chi connectivity index (χ0v) is 22.6. The topological polar surface area (TPSA) is 36.7 Å². The molecule has 0 N–H and O–H groups in total. The number of nitriles is 1. The maximum Gasteiger partial charge on any atom is 0.0956 e. The zero-order chi connectivity index (χ0) is 26.0. The van der Waals surface area contributed by atoms with Crippen molar-refractivity contribution in [1.82, 2.24) is 4.98 Å². The second-order valence-electron chi connectivity index (χ2n) is 9.36. The van der Waals surface area contributed by atoms with Crippen LogP contribution in [0, 0.1) is 18.3 Å². The first-order chi connectivity index (χ1) is 17.4. The molecule has 36 heavy (non-hydrogen) atoms. The molecule has 0 saturated heterocycles. The first-order valence-electron chi connectivity index (χ1n) is 12.8. The average Bonchev–Trinajstić information content (AvgIpc) is 2.89. The third kappa shape index (κ3) is 4.57. The summed E-state index contributed by atoms with van der Waals surface area (Å²) >= 11 is 6.49. The molecule has 1 unspecified atom stereocenters. The summed E-state index contributed by atoms with van der Waals surface area (Å²) < 4.78 is 0. The molecule has 2 nitrogen and oxygen atoms in total. The van der Waals surface area contributed by atoms with Gasteiger partial charge in [0, 0.05) is 28.9 Å². The molecule has 0 aliphatic heterocycles. The molecular weight excluding hydrogens is 460 g/mol. The maximum absolute atomic E-state index is 10.2. The highest BCUT2D eigenvalue weighted by Crippen LogP contribution is 2.51. The van der Waals surface area contributed by atoms with Crippen molar-refractivity contribution in [2.24, 2.45) is 0 Å². The molecule has 2 aromatic carbocycles. The van der Waals surface area contributed by atoms with Crippen LogP contribution in [-0.4, -0.2) is 4.98 Å². The van der Waals surface area contributed by atoms with Gasteiger partial charge in [0.2, 0.25) is 0 Å². The van der Waals surface area contributed by atoms with E-state index >= 15 is 0 Å². The standard InChI is InChI=1S/C31H27ClN2.C2H6/c1-5-21-6-7-24-12-19(3)30-26(25(24)15-21)13-18(2)27(16-33)31(30)23-10-8-22(9-11-23)28-17-34-20(4)14-29(28)32;1-2/h6-11,14-15,17,31H,3,5,12-13H2,1-2,4H3;1-2H3. The molecule has 182 valence electrons. The third-order valence-electron chi connectivity index (χ3n) is 7.16. The first kappa shape index (κ1) is 25.7. The van der Waals surface area contributed by atoms with Gasteiger partial charge in [-0.05, 0) is 83.7 Å². The largest absolute Gasteiger partial charge is 0.261 e. The summed E-state index contributed by atoms with van der Waals surface area (Å²) in [6.07, 6.45) is 4.46. The monoisotopic (exact) mass is 492 g/mol. The van der Waals surface area contributed by atoms with E-state index in [0.29, 0.717) is 5.02 Å². The van der Waals surface area contributed by atoms with Gasteiger partial charge in [-0.3, -0.25) is 4.98 Å². The molecule has 2 aliphatic carbocycles. The van der Waals surface area contributed by atoms with Gasteiger partial charge in [-0.1, -0.05) is 87.0 Å². The van der Waals surface area contributed by atoms with Crippen LogP contribution in [0.3, 0.4) is 0 Å². The van der Waals surface area contributed by atoms with Gasteiger partial charge in [0.15, 0.2) is 0 Å². The Morgan fingerprint density at radius 2 is 1.75 bits per heavy atom. The highest BCUT2D eigenvalue weighted by Gasteiger charge is 2.35. The van der Waals surface area contributed by atoms with Gasteiger partial charge in [0.1, 0.15) is 0 Å². The van der Waals surface area contributed by atoms with E-state index in [1.54, 1.807) is 0 Å². The number of aromatic nitrogens is 1. The molecule has 1 aromatic heterocycles. The molecule has 1 heterocycles. The number of aryl methyl sites for hydroxylation is 2. The molecule has 2 aliphatic rings. The minimum atomic E-state index is -0.0969. The predicted octanol–water partition coefficient (Wildman–Crippen LogP) is 9.19. The zero-order valence-electron chi connectivity index (χ0n) is 21.9. The molecule has 0 amide bonds. The summed E-state index contributed by atoms with van der Waals surface area (Å²) in [6.45, 7) is 14.7. The molecule has 0 bridgehead atoms. The lowest BCUT2D eigenvalue weighted by Gasteiger charge is -2.35. The average molecular weight is 493 g/mol. The Morgan fingerprint density at radius 3 is 2.39 bits per heavy atom. The lowest BCUT2D eigenvalue weighted by atomic mass is 9.67. The van der Waals surface area contributed by atoms with Crippen LogP contribution in [0.15, 0.2) is 83.6 Å². The SMILES string of the molecule is C=C1Cc2ccc(CC)cc2C2=C1C(c1ccc(-c3cnc(C)cc3Cl)cc1)C(C#N)=C(C)C2.CC. The third-order valence-corrected chi connectivity index (χ3v) is 7.47. The molecule has 3 heteroatoms. The number of pyridine rings is 1. The number of allylic oxidation sites excluding steroid dienone is 5. The fraction of sp³-hybridized carbons (Fsp3) is 0.273. The van der Waals surface area contributed by atoms with Crippen molar-refractivity contribution >= 4 is 17.2 Å². The van der Waals surface area contributed by atoms with E-state index in [1.807, 2.05) is 33.0 Å². The maximum atomic E-state index is 10.2. The highest BCUT2D eigenvalue weighted by atomic mass is 35.5. The summed E-state index contributed by atoms with van der Waals surface area (Å²) in [5.41, 5.74) is 13.6. The number of rotatable bonds is 3. The first-order valence-corrected chi connectivity index (χ1v) is 13.1. The van der Waals surface area contributed by atoms with Crippen molar-refractivity contribution in [2.45, 2.75) is 59.8 Å². The number of benzene rings is 2. The Hall–Kier alpha value is -3.41. The number of hydrogen-bond acceptors (Lipinski definition) is 2. The van der Waals surface area contributed by atoms with Crippen molar-refractivity contribution < 1.29 is 0 Å². The van der Waals surface area contributed by atoms with E-state index in [9.17, 15) is 5.26 Å². The number of nitrogens with zero attached hydrogens (tertiary/aromatic N) is 2. The summed E-state index contributed by atoms with van der Waals surface area (Å²) in [6, 6.07) is 19.7. The normalized spacial score (nSPS) is 16.6. The number of hydrogen-bond donors (Lipinski definition) is 0. The summed E-state index contributed by atoms with van der Waals surface area (Å²) in [7, 11) is 0. The Labute approximate surface area is 220 Å². The van der Waals surface area contributed by atoms with Crippen molar-refractivity contribution in [2.75, 3.05) is 0 Å². The summed E-state index contributed by atoms with van der Waals surface area (Å²) in [5.74, 6) is -0.0969. The molecule has 0 saturated carbocycles. The van der Waals surface area contributed by atoms with Crippen LogP contribution >= 0.6 is 11.6 Å². The van der Waals surface area contributed by atoms with E-state index in [1.165, 1.54) is 27.8 Å². The van der Waals surface area contributed by atoms with Crippen LogP contribution in [0.25, 0.3) is 16.7 Å². The second-order valence-corrected chi connectivity index (χ2v) is 9.77. The van der Waals surface area contributed by atoms with Gasteiger partial charge in [-0.2, -0.15) is 5.26 Å². The Kier molecular flexibility index (Phi) is 7.62. The van der Waals surface area contributed by atoms with Gasteiger partial charge in [0.25, 0.3) is 0 Å². The second kappa shape index (κ2) is 10.7. The van der Waals surface area contributed by atoms with Crippen LogP contribution in [-0.2, 0) is 12.8 Å². The Bertz CT molecular complexity index is 1430. The number of halogens is 1. The molecule has 0 fully saturated rings. The predicted molar refractivity (Wildman–Crippen MR) is 152 cm³/mol. The summed E-state index contributed by atoms with van der Waals surface area (Å²) in [5, 5.41) is 10.9. The lowest BCUT2D eigenvalue weighted by Crippen LogP contribution is -2.20. The molecular formula is C33H33ClN2. The fourth-order valence-corrected chi connectivity index (χ4v) is 5.69. The van der Waals surface area contributed by atoms with E-state index in [0.717, 1.165) is 58.4 Å². The van der Waals surface area contributed by atoms with E-state index in [4.69, 9.17) is 11.6 Å². The van der Waals surface area contributed by atoms with Crippen molar-refractivity contribution in [3.8, 4) is 17.2 Å². The van der Waals surface area contributed by atoms with E-state index in [2.05, 4.69) is 73.9 Å². The van der Waals surface area contributed by atoms with E-state index in [-0.39, 0.29) is 5.92 Å². The van der Waals surface area contributed by atoms with Crippen LogP contribution in [0.5, 0.6) is 0 Å². The highest BCUT2D eigenvalue weighted by molar-refractivity contribution is 6.33. The van der Waals surface area contributed by atoms with Crippen LogP contribution < -0.4 is 0 Å². The molecule has 0 spiro atoms. The Balaban J connectivity index is 0.00000148. The number of fused-ring (bicyclic) bond motifs is 2. The van der Waals surface area contributed by atoms with Gasteiger partial charge < -0.3 is 0 Å². The Morgan fingerprint density at radius 1 is 1.03 bits per heavy atom. The van der Waals surface area contributed by atoms with Gasteiger partial charge in [-0.15, -0.1) is 0 Å². The van der Waals surface area contributed by atoms with Gasteiger partial charge in [0.05, 0.1) is 11.1 Å². The molecule has 1 atom stereocenters. The molecule has 3 aromatic rings. The van der Waals surface area contributed by atoms with Gasteiger partial charge >= 0.3 is 0 Å². The minimum absolute atomic E-state index is 0.0969. The molecule has 0 radical (unpaired) electrons. The smallest absolute Gasteiger partial charge is 0.0956 e. The van der Waals surface area contributed by atoms with E-state index < -0.39 is 0 Å². The van der Waals surface area contributed by atoms with Crippen LogP contribution in [0.4, 0.5) is 0 Å². The van der Waals surface area contributed by atoms with Crippen molar-refractivity contribution in [3.63, 3.8) is 0 Å². The quantitative estimate of drug-likeness (QED) is 0.365. The van der Waals surface area contributed by atoms with Crippen LogP contribution in [0.1, 0.15) is 68.0 Å². The lowest BCUT2D eigenvalue weighted by molar-refractivity contribution is 0.871. The van der Waals surface area contributed by atoms with Crippen molar-refractivity contribution in [1.29, 1.82) is 5.26 Å². The fourth-order valence-electron chi connectivity index (χ4n) is 5.37. The van der Waals surface area contributed by atoms with Crippen molar-refractivity contribution in [3.05, 3.63) is 117 Å². The van der Waals surface area contributed by atoms with Crippen LogP contribution in [0.2, 0.25) is 5.02 Å². The summed E-state index contributed by atoms with van der Waals surface area (Å²) in [4.78, 5) is 4.41. The molecule has 5 rings (SSSR count). The van der Waals surface area contributed by atoms with Gasteiger partial charge in [-0.25, -0.2) is 0 Å². The minimum Gasteiger partial charge on any atom is -0.261 e.